The van der Waals surface area contributed by atoms with Crippen LogP contribution in [0.2, 0.25) is 0 Å². The Hall–Kier alpha value is -3.52. The van der Waals surface area contributed by atoms with Crippen LogP contribution < -0.4 is 10.2 Å². The van der Waals surface area contributed by atoms with Crippen molar-refractivity contribution in [3.05, 3.63) is 84.2 Å². The number of rotatable bonds is 7. The lowest BCUT2D eigenvalue weighted by molar-refractivity contribution is -0.118. The number of thioether (sulfide) groups is 1. The molecule has 1 amide bonds. The molecule has 0 bridgehead atoms. The second-order valence-electron chi connectivity index (χ2n) is 5.44. The molecule has 1 aromatic heterocycles. The lowest BCUT2D eigenvalue weighted by atomic mass is 10.2. The third-order valence-corrected chi connectivity index (χ3v) is 4.25. The zero-order valence-corrected chi connectivity index (χ0v) is 15.5. The Bertz CT molecular complexity index is 948. The standard InChI is InChI=1S/C20H16N4O3S/c25-18(14-28-20-21-11-4-12-22-20)24-23-13-15-7-9-17(10-8-15)27-19(26)16-5-2-1-3-6-16/h1-13H,14H2,(H,24,25)/b23-13-. The van der Waals surface area contributed by atoms with Crippen LogP contribution in [0.25, 0.3) is 0 Å². The first-order valence-corrected chi connectivity index (χ1v) is 9.28. The maximum Gasteiger partial charge on any atom is 0.343 e. The number of carbonyl (C=O) groups excluding carboxylic acids is 2. The molecule has 3 aromatic rings. The number of nitrogens with zero attached hydrogens (tertiary/aromatic N) is 3. The molecule has 0 aliphatic heterocycles. The molecule has 140 valence electrons. The maximum atomic E-state index is 12.0. The number of hydrogen-bond donors (Lipinski definition) is 1. The minimum Gasteiger partial charge on any atom is -0.423 e. The van der Waals surface area contributed by atoms with Crippen LogP contribution in [-0.4, -0.2) is 33.8 Å². The lowest BCUT2D eigenvalue weighted by Gasteiger charge is -2.04. The summed E-state index contributed by atoms with van der Waals surface area (Å²) in [5, 5.41) is 4.44. The molecule has 0 radical (unpaired) electrons. The quantitative estimate of drug-likeness (QED) is 0.166. The van der Waals surface area contributed by atoms with E-state index in [9.17, 15) is 9.59 Å². The molecular formula is C20H16N4O3S. The second-order valence-corrected chi connectivity index (χ2v) is 6.38. The minimum absolute atomic E-state index is 0.162. The number of amides is 1. The highest BCUT2D eigenvalue weighted by molar-refractivity contribution is 7.99. The van der Waals surface area contributed by atoms with Crippen LogP contribution in [0.4, 0.5) is 0 Å². The maximum absolute atomic E-state index is 12.0. The predicted molar refractivity (Wildman–Crippen MR) is 106 cm³/mol. The number of aromatic nitrogens is 2. The van der Waals surface area contributed by atoms with Crippen molar-refractivity contribution in [3.8, 4) is 5.75 Å². The summed E-state index contributed by atoms with van der Waals surface area (Å²) in [5.41, 5.74) is 3.67. The SMILES string of the molecule is O=C(CSc1ncccn1)N/N=C\c1ccc(OC(=O)c2ccccc2)cc1. The molecule has 0 fully saturated rings. The molecule has 1 N–H and O–H groups in total. The molecule has 3 rings (SSSR count). The fraction of sp³-hybridized carbons (Fsp3) is 0.0500. The van der Waals surface area contributed by atoms with E-state index in [1.807, 2.05) is 6.07 Å². The smallest absolute Gasteiger partial charge is 0.343 e. The predicted octanol–water partition coefficient (Wildman–Crippen LogP) is 2.94. The first-order valence-electron chi connectivity index (χ1n) is 8.30. The largest absolute Gasteiger partial charge is 0.423 e. The molecule has 0 saturated carbocycles. The van der Waals surface area contributed by atoms with E-state index in [4.69, 9.17) is 4.74 Å². The van der Waals surface area contributed by atoms with E-state index in [1.165, 1.54) is 18.0 Å². The van der Waals surface area contributed by atoms with Crippen LogP contribution in [0.5, 0.6) is 5.75 Å². The van der Waals surface area contributed by atoms with Gasteiger partial charge in [0.15, 0.2) is 5.16 Å². The van der Waals surface area contributed by atoms with Gasteiger partial charge in [-0.15, -0.1) is 0 Å². The Morgan fingerprint density at radius 1 is 1.00 bits per heavy atom. The minimum atomic E-state index is -0.422. The third-order valence-electron chi connectivity index (χ3n) is 3.38. The van der Waals surface area contributed by atoms with E-state index in [0.29, 0.717) is 16.5 Å². The van der Waals surface area contributed by atoms with Crippen molar-refractivity contribution in [1.82, 2.24) is 15.4 Å². The van der Waals surface area contributed by atoms with Crippen LogP contribution >= 0.6 is 11.8 Å². The number of benzene rings is 2. The third kappa shape index (κ3) is 6.03. The van der Waals surface area contributed by atoms with Gasteiger partial charge in [-0.3, -0.25) is 4.79 Å². The van der Waals surface area contributed by atoms with Crippen LogP contribution in [0, 0.1) is 0 Å². The van der Waals surface area contributed by atoms with Crippen LogP contribution in [-0.2, 0) is 4.79 Å². The van der Waals surface area contributed by atoms with Crippen molar-refractivity contribution in [3.63, 3.8) is 0 Å². The van der Waals surface area contributed by atoms with E-state index < -0.39 is 5.97 Å². The summed E-state index contributed by atoms with van der Waals surface area (Å²) in [4.78, 5) is 31.8. The molecule has 0 saturated heterocycles. The van der Waals surface area contributed by atoms with Gasteiger partial charge in [-0.2, -0.15) is 5.10 Å². The van der Waals surface area contributed by atoms with Crippen LogP contribution in [0.1, 0.15) is 15.9 Å². The number of hydrazone groups is 1. The number of esters is 1. The summed E-state index contributed by atoms with van der Waals surface area (Å²) >= 11 is 1.22. The lowest BCUT2D eigenvalue weighted by Crippen LogP contribution is -2.19. The van der Waals surface area contributed by atoms with Gasteiger partial charge in [-0.25, -0.2) is 20.2 Å². The first kappa shape index (κ1) is 19.2. The monoisotopic (exact) mass is 392 g/mol. The summed E-state index contributed by atoms with van der Waals surface area (Å²) in [6.07, 6.45) is 4.74. The topological polar surface area (TPSA) is 93.5 Å². The summed E-state index contributed by atoms with van der Waals surface area (Å²) in [5.74, 6) is -0.0963. The molecule has 0 spiro atoms. The molecule has 0 unspecified atom stereocenters. The van der Waals surface area contributed by atoms with Gasteiger partial charge in [0.1, 0.15) is 5.75 Å². The van der Waals surface area contributed by atoms with E-state index in [1.54, 1.807) is 67.0 Å². The van der Waals surface area contributed by atoms with Crippen molar-refractivity contribution in [2.75, 3.05) is 5.75 Å². The fourth-order valence-corrected chi connectivity index (χ4v) is 2.66. The molecular weight excluding hydrogens is 376 g/mol. The number of carbonyl (C=O) groups is 2. The average Bonchev–Trinajstić information content (AvgIpc) is 2.75. The molecule has 0 aliphatic rings. The first-order chi connectivity index (χ1) is 13.7. The summed E-state index contributed by atoms with van der Waals surface area (Å²) in [6.45, 7) is 0. The van der Waals surface area contributed by atoms with Gasteiger partial charge in [0.25, 0.3) is 5.91 Å². The Morgan fingerprint density at radius 2 is 1.71 bits per heavy atom. The molecule has 8 heteroatoms. The Balaban J connectivity index is 1.46. The highest BCUT2D eigenvalue weighted by Crippen LogP contribution is 2.14. The molecule has 0 atom stereocenters. The van der Waals surface area contributed by atoms with E-state index >= 15 is 0 Å². The van der Waals surface area contributed by atoms with Crippen LogP contribution in [0.15, 0.2) is 83.3 Å². The van der Waals surface area contributed by atoms with Gasteiger partial charge in [0, 0.05) is 12.4 Å². The molecule has 28 heavy (non-hydrogen) atoms. The second kappa shape index (κ2) is 9.98. The number of nitrogens with one attached hydrogen (secondary N) is 1. The van der Waals surface area contributed by atoms with Gasteiger partial charge < -0.3 is 4.74 Å². The van der Waals surface area contributed by atoms with Gasteiger partial charge in [-0.05, 0) is 48.0 Å². The zero-order chi connectivity index (χ0) is 19.6. The zero-order valence-electron chi connectivity index (χ0n) is 14.7. The molecule has 7 nitrogen and oxygen atoms in total. The Labute approximate surface area is 165 Å². The van der Waals surface area contributed by atoms with E-state index in [-0.39, 0.29) is 11.7 Å². The molecule has 2 aromatic carbocycles. The highest BCUT2D eigenvalue weighted by atomic mass is 32.2. The Morgan fingerprint density at radius 3 is 2.43 bits per heavy atom. The van der Waals surface area contributed by atoms with Crippen molar-refractivity contribution >= 4 is 29.9 Å². The normalized spacial score (nSPS) is 10.6. The average molecular weight is 392 g/mol. The Kier molecular flexibility index (Phi) is 6.86. The van der Waals surface area contributed by atoms with Gasteiger partial charge >= 0.3 is 5.97 Å². The van der Waals surface area contributed by atoms with Gasteiger partial charge in [0.2, 0.25) is 0 Å². The van der Waals surface area contributed by atoms with Gasteiger partial charge in [-0.1, -0.05) is 30.0 Å². The molecule has 1 heterocycles. The van der Waals surface area contributed by atoms with Gasteiger partial charge in [0.05, 0.1) is 17.5 Å². The summed E-state index contributed by atoms with van der Waals surface area (Å²) < 4.78 is 5.30. The summed E-state index contributed by atoms with van der Waals surface area (Å²) in [6, 6.07) is 17.2. The van der Waals surface area contributed by atoms with E-state index in [2.05, 4.69) is 20.5 Å². The fourth-order valence-electron chi connectivity index (χ4n) is 2.06. The van der Waals surface area contributed by atoms with E-state index in [0.717, 1.165) is 5.56 Å². The summed E-state index contributed by atoms with van der Waals surface area (Å²) in [7, 11) is 0. The van der Waals surface area contributed by atoms with Crippen LogP contribution in [0.3, 0.4) is 0 Å². The van der Waals surface area contributed by atoms with Crippen molar-refractivity contribution in [2.45, 2.75) is 5.16 Å². The van der Waals surface area contributed by atoms with Crippen molar-refractivity contribution in [2.24, 2.45) is 5.10 Å². The van der Waals surface area contributed by atoms with Crippen molar-refractivity contribution in [1.29, 1.82) is 0 Å². The molecule has 0 aliphatic carbocycles. The van der Waals surface area contributed by atoms with Crippen molar-refractivity contribution < 1.29 is 14.3 Å². The number of ether oxygens (including phenoxy) is 1. The number of hydrogen-bond acceptors (Lipinski definition) is 7. The highest BCUT2D eigenvalue weighted by Gasteiger charge is 2.07.